The van der Waals surface area contributed by atoms with Gasteiger partial charge in [0.05, 0.1) is 16.9 Å². The first-order valence-electron chi connectivity index (χ1n) is 7.28. The number of benzene rings is 2. The van der Waals surface area contributed by atoms with Gasteiger partial charge in [-0.05, 0) is 24.3 Å². The molecule has 0 N–H and O–H groups in total. The molecular weight excluding hydrogens is 358 g/mol. The Kier molecular flexibility index (Phi) is 5.25. The maximum atomic E-state index is 12.6. The maximum Gasteiger partial charge on any atom is 0.423 e. The normalized spacial score (nSPS) is 14.2. The highest BCUT2D eigenvalue weighted by Crippen LogP contribution is 2.42. The summed E-state index contributed by atoms with van der Waals surface area (Å²) in [6.07, 6.45) is -0.982. The topological polar surface area (TPSA) is 63.7 Å². The summed E-state index contributed by atoms with van der Waals surface area (Å²) in [6.45, 7) is 0. The van der Waals surface area contributed by atoms with Crippen LogP contribution in [0.3, 0.4) is 0 Å². The molecule has 0 aromatic heterocycles. The number of thioether (sulfide) groups is 2. The number of amides is 3. The summed E-state index contributed by atoms with van der Waals surface area (Å²) >= 11 is 2.32. The number of carbonyl (C=O) groups excluding carboxylic acids is 3. The molecule has 7 heteroatoms. The van der Waals surface area contributed by atoms with Gasteiger partial charge < -0.3 is 4.74 Å². The van der Waals surface area contributed by atoms with Crippen LogP contribution in [0.25, 0.3) is 0 Å². The van der Waals surface area contributed by atoms with Crippen molar-refractivity contribution in [3.63, 3.8) is 0 Å². The van der Waals surface area contributed by atoms with Gasteiger partial charge in [0, 0.05) is 9.79 Å². The first-order valence-corrected chi connectivity index (χ1v) is 8.92. The Morgan fingerprint density at radius 2 is 1.20 bits per heavy atom. The van der Waals surface area contributed by atoms with E-state index in [-0.39, 0.29) is 9.81 Å². The second-order valence-corrected chi connectivity index (χ2v) is 7.07. The molecule has 3 rings (SSSR count). The van der Waals surface area contributed by atoms with Crippen LogP contribution >= 0.6 is 23.5 Å². The average molecular weight is 371 g/mol. The Balaban J connectivity index is 1.99. The Morgan fingerprint density at radius 3 is 1.56 bits per heavy atom. The van der Waals surface area contributed by atoms with E-state index in [4.69, 9.17) is 0 Å². The van der Waals surface area contributed by atoms with Crippen molar-refractivity contribution in [3.8, 4) is 0 Å². The fourth-order valence-corrected chi connectivity index (χ4v) is 4.16. The first kappa shape index (κ1) is 17.3. The van der Waals surface area contributed by atoms with Gasteiger partial charge in [-0.1, -0.05) is 59.9 Å². The Bertz CT molecular complexity index is 786. The van der Waals surface area contributed by atoms with Crippen LogP contribution in [0.2, 0.25) is 0 Å². The van der Waals surface area contributed by atoms with Gasteiger partial charge in [-0.25, -0.2) is 4.79 Å². The van der Waals surface area contributed by atoms with E-state index in [1.807, 2.05) is 60.7 Å². The smallest absolute Gasteiger partial charge is 0.423 e. The molecule has 0 saturated carbocycles. The van der Waals surface area contributed by atoms with E-state index in [1.165, 1.54) is 0 Å². The highest BCUT2D eigenvalue weighted by molar-refractivity contribution is 8.08. The minimum absolute atomic E-state index is 0.218. The van der Waals surface area contributed by atoms with Crippen molar-refractivity contribution in [1.82, 2.24) is 4.90 Å². The van der Waals surface area contributed by atoms with Gasteiger partial charge >= 0.3 is 6.09 Å². The summed E-state index contributed by atoms with van der Waals surface area (Å²) in [5.41, 5.74) is 0. The number of imide groups is 3. The molecule has 0 spiro atoms. The van der Waals surface area contributed by atoms with Crippen molar-refractivity contribution in [1.29, 1.82) is 0 Å². The number of rotatable bonds is 4. The van der Waals surface area contributed by atoms with Gasteiger partial charge in [-0.15, -0.1) is 0 Å². The van der Waals surface area contributed by atoms with E-state index >= 15 is 0 Å². The van der Waals surface area contributed by atoms with Gasteiger partial charge in [0.1, 0.15) is 0 Å². The second-order valence-electron chi connectivity index (χ2n) is 4.90. The van der Waals surface area contributed by atoms with Crippen LogP contribution in [-0.4, -0.2) is 29.9 Å². The van der Waals surface area contributed by atoms with Crippen LogP contribution in [0.5, 0.6) is 0 Å². The monoisotopic (exact) mass is 371 g/mol. The Hall–Kier alpha value is -2.51. The van der Waals surface area contributed by atoms with E-state index in [9.17, 15) is 14.4 Å². The lowest BCUT2D eigenvalue weighted by molar-refractivity contribution is -0.134. The maximum absolute atomic E-state index is 12.6. The largest absolute Gasteiger partial charge is 0.452 e. The molecule has 5 nitrogen and oxygen atoms in total. The molecule has 25 heavy (non-hydrogen) atoms. The standard InChI is InChI=1S/C18H13NO4S2/c1-23-18(22)19-16(20)14(24-12-8-4-2-5-9-12)15(17(19)21)25-13-10-6-3-7-11-13/h2-11H,1H3. The van der Waals surface area contributed by atoms with Crippen LogP contribution in [0.4, 0.5) is 4.79 Å². The third-order valence-electron chi connectivity index (χ3n) is 3.28. The van der Waals surface area contributed by atoms with Gasteiger partial charge in [0.15, 0.2) is 0 Å². The highest BCUT2D eigenvalue weighted by atomic mass is 32.2. The number of hydrogen-bond donors (Lipinski definition) is 0. The van der Waals surface area contributed by atoms with Gasteiger partial charge in [0.2, 0.25) is 0 Å². The first-order chi connectivity index (χ1) is 12.1. The average Bonchev–Trinajstić information content (AvgIpc) is 2.87. The van der Waals surface area contributed by atoms with Crippen LogP contribution in [0.15, 0.2) is 80.3 Å². The minimum atomic E-state index is -0.982. The highest BCUT2D eigenvalue weighted by Gasteiger charge is 2.44. The third-order valence-corrected chi connectivity index (χ3v) is 5.60. The lowest BCUT2D eigenvalue weighted by Gasteiger charge is -2.10. The molecule has 1 aliphatic heterocycles. The quantitative estimate of drug-likeness (QED) is 0.759. The van der Waals surface area contributed by atoms with Gasteiger partial charge in [-0.2, -0.15) is 4.90 Å². The van der Waals surface area contributed by atoms with E-state index in [2.05, 4.69) is 4.74 Å². The summed E-state index contributed by atoms with van der Waals surface area (Å²) < 4.78 is 4.57. The van der Waals surface area contributed by atoms with Crippen molar-refractivity contribution in [2.24, 2.45) is 0 Å². The minimum Gasteiger partial charge on any atom is -0.452 e. The lowest BCUT2D eigenvalue weighted by atomic mass is 10.4. The molecule has 126 valence electrons. The Labute approximate surface area is 153 Å². The second kappa shape index (κ2) is 7.58. The fraction of sp³-hybridized carbons (Fsp3) is 0.0556. The summed E-state index contributed by atoms with van der Waals surface area (Å²) in [6, 6.07) is 18.4. The zero-order valence-corrected chi connectivity index (χ0v) is 14.8. The SMILES string of the molecule is COC(=O)N1C(=O)C(Sc2ccccc2)=C(Sc2ccccc2)C1=O. The molecule has 1 aliphatic rings. The summed E-state index contributed by atoms with van der Waals surface area (Å²) in [7, 11) is 1.13. The molecule has 2 aromatic carbocycles. The lowest BCUT2D eigenvalue weighted by Crippen LogP contribution is -2.37. The molecular formula is C18H13NO4S2. The molecule has 2 aromatic rings. The van der Waals surface area contributed by atoms with E-state index in [0.717, 1.165) is 40.4 Å². The number of methoxy groups -OCH3 is 1. The van der Waals surface area contributed by atoms with Crippen molar-refractivity contribution in [2.75, 3.05) is 7.11 Å². The third kappa shape index (κ3) is 3.62. The van der Waals surface area contributed by atoms with Crippen LogP contribution in [-0.2, 0) is 14.3 Å². The molecule has 1 heterocycles. The number of ether oxygens (including phenoxy) is 1. The molecule has 0 unspecified atom stereocenters. The molecule has 0 radical (unpaired) electrons. The molecule has 0 bridgehead atoms. The van der Waals surface area contributed by atoms with Crippen LogP contribution in [0, 0.1) is 0 Å². The van der Waals surface area contributed by atoms with E-state index < -0.39 is 17.9 Å². The number of hydrogen-bond acceptors (Lipinski definition) is 6. The fourth-order valence-electron chi connectivity index (χ4n) is 2.14. The van der Waals surface area contributed by atoms with Crippen molar-refractivity contribution < 1.29 is 19.1 Å². The molecule has 3 amide bonds. The van der Waals surface area contributed by atoms with Crippen LogP contribution in [0.1, 0.15) is 0 Å². The predicted octanol–water partition coefficient (Wildman–Crippen LogP) is 3.92. The summed E-state index contributed by atoms with van der Waals surface area (Å²) in [5.74, 6) is -1.33. The van der Waals surface area contributed by atoms with E-state index in [1.54, 1.807) is 0 Å². The Morgan fingerprint density at radius 1 is 0.800 bits per heavy atom. The molecule has 0 atom stereocenters. The zero-order valence-electron chi connectivity index (χ0n) is 13.2. The van der Waals surface area contributed by atoms with Gasteiger partial charge in [-0.3, -0.25) is 9.59 Å². The number of nitrogens with zero attached hydrogens (tertiary/aromatic N) is 1. The van der Waals surface area contributed by atoms with E-state index in [0.29, 0.717) is 4.90 Å². The van der Waals surface area contributed by atoms with Crippen molar-refractivity contribution in [2.45, 2.75) is 9.79 Å². The molecule has 0 fully saturated rings. The van der Waals surface area contributed by atoms with Crippen LogP contribution < -0.4 is 0 Å². The molecule has 0 aliphatic carbocycles. The summed E-state index contributed by atoms with van der Waals surface area (Å²) in [4.78, 5) is 39.7. The molecule has 0 saturated heterocycles. The van der Waals surface area contributed by atoms with Crippen molar-refractivity contribution >= 4 is 41.4 Å². The van der Waals surface area contributed by atoms with Crippen molar-refractivity contribution in [3.05, 3.63) is 70.5 Å². The zero-order chi connectivity index (χ0) is 17.8. The predicted molar refractivity (Wildman–Crippen MR) is 95.9 cm³/mol. The van der Waals surface area contributed by atoms with Gasteiger partial charge in [0.25, 0.3) is 11.8 Å². The number of carbonyl (C=O) groups is 3. The summed E-state index contributed by atoms with van der Waals surface area (Å²) in [5, 5.41) is 0.